The second kappa shape index (κ2) is 11.7. The van der Waals surface area contributed by atoms with Gasteiger partial charge < -0.3 is 5.73 Å². The Bertz CT molecular complexity index is 2320. The van der Waals surface area contributed by atoms with E-state index in [1.54, 1.807) is 26.0 Å². The predicted molar refractivity (Wildman–Crippen MR) is 174 cm³/mol. The first-order valence-corrected chi connectivity index (χ1v) is 17.7. The minimum atomic E-state index is -4.30. The SMILES string of the molecule is Cc1cc(C)c(S(=O)(=O)n2ccc3cc(Br)c([C@H](Cc4cc(F)cc(F)c4)C(C(N)=O)n4nc(C(F)F)c5c4C(F)(F)[C@@H]4C[C@H]54)nc32)c(C)c1. The number of pyridine rings is 1. The fraction of sp³-hybridized carbons (Fsp3) is 0.324. The van der Waals surface area contributed by atoms with Crippen LogP contribution in [-0.4, -0.2) is 33.1 Å². The second-order valence-electron chi connectivity index (χ2n) is 13.0. The van der Waals surface area contributed by atoms with Crippen molar-refractivity contribution in [3.8, 4) is 0 Å². The first-order valence-electron chi connectivity index (χ1n) is 15.5. The number of nitrogens with zero attached hydrogens (tertiary/aromatic N) is 4. The van der Waals surface area contributed by atoms with E-state index in [0.29, 0.717) is 27.3 Å². The summed E-state index contributed by atoms with van der Waals surface area (Å²) in [7, 11) is -4.30. The third kappa shape index (κ3) is 5.33. The van der Waals surface area contributed by atoms with Gasteiger partial charge in [0.05, 0.1) is 10.6 Å². The van der Waals surface area contributed by atoms with Crippen molar-refractivity contribution in [2.75, 3.05) is 0 Å². The number of rotatable bonds is 9. The van der Waals surface area contributed by atoms with Crippen LogP contribution in [0.4, 0.5) is 26.3 Å². The van der Waals surface area contributed by atoms with E-state index >= 15 is 8.78 Å². The molecule has 5 aromatic rings. The Morgan fingerprint density at radius 3 is 2.28 bits per heavy atom. The van der Waals surface area contributed by atoms with E-state index in [1.807, 2.05) is 6.92 Å². The quantitative estimate of drug-likeness (QED) is 0.155. The Labute approximate surface area is 290 Å². The number of benzene rings is 2. The normalized spacial score (nSPS) is 19.1. The van der Waals surface area contributed by atoms with Crippen LogP contribution in [-0.2, 0) is 27.2 Å². The number of fused-ring (bicyclic) bond motifs is 4. The first kappa shape index (κ1) is 34.3. The fourth-order valence-electron chi connectivity index (χ4n) is 7.60. The number of primary amides is 1. The molecule has 2 N–H and O–H groups in total. The van der Waals surface area contributed by atoms with Crippen LogP contribution < -0.4 is 5.73 Å². The molecular formula is C34H28BrF6N5O3S. The van der Waals surface area contributed by atoms with Crippen molar-refractivity contribution in [1.82, 2.24) is 18.7 Å². The number of hydrogen-bond donors (Lipinski definition) is 1. The molecule has 0 bridgehead atoms. The van der Waals surface area contributed by atoms with Gasteiger partial charge in [-0.1, -0.05) is 17.7 Å². The molecule has 3 heterocycles. The molecular weight excluding hydrogens is 752 g/mol. The zero-order valence-electron chi connectivity index (χ0n) is 26.6. The summed E-state index contributed by atoms with van der Waals surface area (Å²) in [4.78, 5) is 18.1. The highest BCUT2D eigenvalue weighted by molar-refractivity contribution is 9.10. The lowest BCUT2D eigenvalue weighted by atomic mass is 9.87. The van der Waals surface area contributed by atoms with Gasteiger partial charge in [0.1, 0.15) is 29.1 Å². The third-order valence-electron chi connectivity index (χ3n) is 9.52. The maximum atomic E-state index is 15.8. The molecule has 1 saturated carbocycles. The lowest BCUT2D eigenvalue weighted by Crippen LogP contribution is -2.36. The Balaban J connectivity index is 1.47. The van der Waals surface area contributed by atoms with E-state index in [2.05, 4.69) is 26.0 Å². The molecule has 262 valence electrons. The van der Waals surface area contributed by atoms with E-state index in [0.717, 1.165) is 21.7 Å². The Morgan fingerprint density at radius 1 is 1.04 bits per heavy atom. The minimum absolute atomic E-state index is 0.0288. The van der Waals surface area contributed by atoms with Crippen molar-refractivity contribution in [2.24, 2.45) is 11.7 Å². The summed E-state index contributed by atoms with van der Waals surface area (Å²) in [6.45, 7) is 5.12. The number of nitrogens with two attached hydrogens (primary N) is 1. The lowest BCUT2D eigenvalue weighted by Gasteiger charge is -2.29. The standard InChI is InChI=1S/C34H28BrF6N5O3S/c1-14-6-15(2)29(16(3)7-14)50(48,49)45-5-4-18-11-24(35)26(43-33(18)45)22(10-17-8-19(36)12-20(37)9-17)28(32(42)47)46-30-25(27(44-46)31(38)39)21-13-23(21)34(30,40)41/h4-9,11-12,21-23,28,31H,10,13H2,1-3H3,(H2,42,47)/t21-,22-,23+,28?/m0/s1. The number of amides is 1. The zero-order valence-corrected chi connectivity index (χ0v) is 29.0. The van der Waals surface area contributed by atoms with Gasteiger partial charge in [-0.05, 0) is 96.4 Å². The number of hydrogen-bond acceptors (Lipinski definition) is 5. The van der Waals surface area contributed by atoms with Crippen molar-refractivity contribution >= 4 is 42.9 Å². The Morgan fingerprint density at radius 2 is 1.68 bits per heavy atom. The summed E-state index contributed by atoms with van der Waals surface area (Å²) < 4.78 is 119. The molecule has 4 atom stereocenters. The molecule has 0 aliphatic heterocycles. The summed E-state index contributed by atoms with van der Waals surface area (Å²) >= 11 is 3.40. The van der Waals surface area contributed by atoms with Crippen molar-refractivity contribution in [2.45, 2.75) is 68.7 Å². The maximum Gasteiger partial charge on any atom is 0.293 e. The van der Waals surface area contributed by atoms with Gasteiger partial charge in [0.25, 0.3) is 22.4 Å². The van der Waals surface area contributed by atoms with Crippen molar-refractivity contribution in [3.63, 3.8) is 0 Å². The Hall–Kier alpha value is -4.18. The van der Waals surface area contributed by atoms with Crippen LogP contribution in [0.2, 0.25) is 0 Å². The summed E-state index contributed by atoms with van der Waals surface area (Å²) in [5.74, 6) is -10.5. The molecule has 7 rings (SSSR count). The van der Waals surface area contributed by atoms with Crippen LogP contribution in [0, 0.1) is 38.3 Å². The maximum absolute atomic E-state index is 15.8. The molecule has 1 amide bonds. The summed E-state index contributed by atoms with van der Waals surface area (Å²) in [6, 6.07) is 6.98. The molecule has 0 radical (unpaired) electrons. The van der Waals surface area contributed by atoms with Crippen molar-refractivity contribution in [3.05, 3.63) is 110 Å². The average Bonchev–Trinajstić information content (AvgIpc) is 3.43. The zero-order chi connectivity index (χ0) is 36.2. The number of aromatic nitrogens is 4. The largest absolute Gasteiger partial charge is 0.368 e. The molecule has 1 unspecified atom stereocenters. The number of alkyl halides is 4. The van der Waals surface area contributed by atoms with E-state index in [1.165, 1.54) is 18.3 Å². The molecule has 2 aliphatic rings. The van der Waals surface area contributed by atoms with Crippen LogP contribution in [0.15, 0.2) is 58.0 Å². The van der Waals surface area contributed by atoms with Gasteiger partial charge in [-0.3, -0.25) is 4.79 Å². The summed E-state index contributed by atoms with van der Waals surface area (Å²) in [5, 5.41) is 4.17. The first-order chi connectivity index (χ1) is 23.4. The molecule has 50 heavy (non-hydrogen) atoms. The number of carbonyl (C=O) groups is 1. The van der Waals surface area contributed by atoms with Crippen LogP contribution in [0.1, 0.15) is 75.6 Å². The highest BCUT2D eigenvalue weighted by Gasteiger charge is 2.67. The number of halogens is 7. The van der Waals surface area contributed by atoms with Gasteiger partial charge in [0.2, 0.25) is 5.91 Å². The molecule has 0 saturated heterocycles. The van der Waals surface area contributed by atoms with Crippen LogP contribution in [0.5, 0.6) is 0 Å². The van der Waals surface area contributed by atoms with E-state index in [4.69, 9.17) is 5.73 Å². The third-order valence-corrected chi connectivity index (χ3v) is 12.1. The van der Waals surface area contributed by atoms with Gasteiger partial charge in [0, 0.05) is 39.5 Å². The number of carbonyl (C=O) groups excluding carboxylic acids is 1. The van der Waals surface area contributed by atoms with E-state index in [-0.39, 0.29) is 38.3 Å². The van der Waals surface area contributed by atoms with Gasteiger partial charge in [-0.25, -0.2) is 39.6 Å². The van der Waals surface area contributed by atoms with Gasteiger partial charge in [-0.15, -0.1) is 0 Å². The molecule has 8 nitrogen and oxygen atoms in total. The van der Waals surface area contributed by atoms with E-state index < -0.39 is 81.5 Å². The molecule has 0 spiro atoms. The molecule has 3 aromatic heterocycles. The van der Waals surface area contributed by atoms with Gasteiger partial charge in [0.15, 0.2) is 5.65 Å². The Kier molecular flexibility index (Phi) is 8.01. The average molecular weight is 781 g/mol. The topological polar surface area (TPSA) is 113 Å². The molecule has 2 aliphatic carbocycles. The molecule has 16 heteroatoms. The predicted octanol–water partition coefficient (Wildman–Crippen LogP) is 7.64. The minimum Gasteiger partial charge on any atom is -0.368 e. The summed E-state index contributed by atoms with van der Waals surface area (Å²) in [6.07, 6.45) is -2.48. The van der Waals surface area contributed by atoms with Crippen LogP contribution in [0.3, 0.4) is 0 Å². The number of aryl methyl sites for hydroxylation is 3. The lowest BCUT2D eigenvalue weighted by molar-refractivity contribution is -0.122. The highest BCUT2D eigenvalue weighted by Crippen LogP contribution is 2.68. The fourth-order valence-corrected chi connectivity index (χ4v) is 9.95. The molecule has 2 aromatic carbocycles. The smallest absolute Gasteiger partial charge is 0.293 e. The van der Waals surface area contributed by atoms with Crippen molar-refractivity contribution < 1.29 is 39.6 Å². The van der Waals surface area contributed by atoms with Crippen LogP contribution in [0.25, 0.3) is 11.0 Å². The summed E-state index contributed by atoms with van der Waals surface area (Å²) in [5.41, 5.74) is 5.26. The highest BCUT2D eigenvalue weighted by atomic mass is 79.9. The monoisotopic (exact) mass is 779 g/mol. The van der Waals surface area contributed by atoms with E-state index in [9.17, 15) is 30.8 Å². The second-order valence-corrected chi connectivity index (χ2v) is 15.6. The van der Waals surface area contributed by atoms with Crippen molar-refractivity contribution in [1.29, 1.82) is 0 Å². The van der Waals surface area contributed by atoms with Gasteiger partial charge in [-0.2, -0.15) is 13.9 Å². The molecule has 1 fully saturated rings. The van der Waals surface area contributed by atoms with Gasteiger partial charge >= 0.3 is 0 Å². The van der Waals surface area contributed by atoms with Crippen LogP contribution >= 0.6 is 15.9 Å².